The van der Waals surface area contributed by atoms with Crippen molar-refractivity contribution in [3.63, 3.8) is 0 Å². The van der Waals surface area contributed by atoms with Crippen molar-refractivity contribution < 1.29 is 9.53 Å². The molecule has 2 atom stereocenters. The Balaban J connectivity index is 1.33. The van der Waals surface area contributed by atoms with Crippen molar-refractivity contribution in [2.24, 2.45) is 0 Å². The molecular weight excluding hydrogens is 456 g/mol. The maximum atomic E-state index is 12.6. The molecule has 33 heavy (non-hydrogen) atoms. The molecule has 1 amide bonds. The smallest absolute Gasteiger partial charge is 0.250 e. The third-order valence-corrected chi connectivity index (χ3v) is 7.45. The van der Waals surface area contributed by atoms with Crippen LogP contribution >= 0.6 is 22.9 Å². The highest BCUT2D eigenvalue weighted by atomic mass is 35.5. The van der Waals surface area contributed by atoms with E-state index in [4.69, 9.17) is 16.3 Å². The number of anilines is 1. The predicted molar refractivity (Wildman–Crippen MR) is 131 cm³/mol. The Labute approximate surface area is 199 Å². The van der Waals surface area contributed by atoms with E-state index in [0.717, 1.165) is 27.4 Å². The lowest BCUT2D eigenvalue weighted by atomic mass is 9.94. The van der Waals surface area contributed by atoms with Crippen LogP contribution in [0.5, 0.6) is 5.75 Å². The number of amides is 1. The number of hydrogen-bond donors (Lipinski definition) is 0. The molecule has 1 aliphatic heterocycles. The van der Waals surface area contributed by atoms with Gasteiger partial charge in [0, 0.05) is 21.8 Å². The summed E-state index contributed by atoms with van der Waals surface area (Å²) in [6, 6.07) is 24.0. The molecule has 1 fully saturated rings. The Morgan fingerprint density at radius 3 is 2.21 bits per heavy atom. The summed E-state index contributed by atoms with van der Waals surface area (Å²) in [6.45, 7) is 0.575. The minimum atomic E-state index is -0.622. The number of aromatic nitrogens is 3. The third kappa shape index (κ3) is 3.19. The van der Waals surface area contributed by atoms with E-state index < -0.39 is 5.38 Å². The van der Waals surface area contributed by atoms with E-state index in [-0.39, 0.29) is 11.9 Å². The fraction of sp³-hybridized carbons (Fsp3) is 0.160. The van der Waals surface area contributed by atoms with Crippen LogP contribution in [0, 0.1) is 0 Å². The molecule has 164 valence electrons. The van der Waals surface area contributed by atoms with Gasteiger partial charge in [-0.15, -0.1) is 21.8 Å². The first-order valence-corrected chi connectivity index (χ1v) is 11.8. The lowest BCUT2D eigenvalue weighted by Gasteiger charge is -2.42. The number of ether oxygens (including phenoxy) is 1. The van der Waals surface area contributed by atoms with Gasteiger partial charge in [-0.25, -0.2) is 0 Å². The number of methoxy groups -OCH3 is 1. The normalized spacial score (nSPS) is 18.1. The van der Waals surface area contributed by atoms with Gasteiger partial charge in [0.25, 0.3) is 0 Å². The van der Waals surface area contributed by atoms with Crippen molar-refractivity contribution in [2.45, 2.75) is 18.0 Å². The zero-order valence-electron chi connectivity index (χ0n) is 17.7. The summed E-state index contributed by atoms with van der Waals surface area (Å²) in [5.41, 5.74) is 3.23. The highest BCUT2D eigenvalue weighted by molar-refractivity contribution is 7.15. The van der Waals surface area contributed by atoms with Crippen molar-refractivity contribution in [1.29, 1.82) is 0 Å². The summed E-state index contributed by atoms with van der Waals surface area (Å²) in [4.78, 5) is 14.3. The van der Waals surface area contributed by atoms with Crippen LogP contribution in [-0.2, 0) is 11.3 Å². The molecule has 3 heterocycles. The van der Waals surface area contributed by atoms with Crippen molar-refractivity contribution in [3.8, 4) is 5.75 Å². The number of halogens is 1. The second kappa shape index (κ2) is 7.86. The molecule has 2 aromatic heterocycles. The lowest BCUT2D eigenvalue weighted by molar-refractivity contribution is -0.123. The van der Waals surface area contributed by atoms with Crippen molar-refractivity contribution in [1.82, 2.24) is 14.8 Å². The molecule has 0 aliphatic carbocycles. The Bertz CT molecular complexity index is 1440. The Morgan fingerprint density at radius 2 is 1.58 bits per heavy atom. The monoisotopic (exact) mass is 474 g/mol. The van der Waals surface area contributed by atoms with E-state index in [9.17, 15) is 4.79 Å². The van der Waals surface area contributed by atoms with E-state index in [1.807, 2.05) is 36.4 Å². The quantitative estimate of drug-likeness (QED) is 0.253. The van der Waals surface area contributed by atoms with Gasteiger partial charge in [-0.1, -0.05) is 59.9 Å². The van der Waals surface area contributed by atoms with Crippen molar-refractivity contribution >= 4 is 55.8 Å². The molecule has 6 nitrogen and oxygen atoms in total. The molecule has 0 N–H and O–H groups in total. The molecule has 0 saturated carbocycles. The number of para-hydroxylation sites is 2. The minimum absolute atomic E-state index is 0.156. The standard InChI is InChI=1S/C25H19ClN4O2S/c1-32-16-12-10-15(11-13-16)23-22(26)24(31)30(23)25-28-27-21(33-25)14-29-19-8-4-2-6-17(19)18-7-3-5-9-20(18)29/h2-13,22-23H,14H2,1H3. The first kappa shape index (κ1) is 20.2. The molecule has 5 aromatic rings. The van der Waals surface area contributed by atoms with Gasteiger partial charge in [0.2, 0.25) is 11.0 Å². The Hall–Kier alpha value is -3.42. The van der Waals surface area contributed by atoms with Gasteiger partial charge in [-0.3, -0.25) is 9.69 Å². The molecule has 0 bridgehead atoms. The number of β-lactam (4-membered cyclic amide) rings is 1. The van der Waals surface area contributed by atoms with Crippen LogP contribution in [0.2, 0.25) is 0 Å². The van der Waals surface area contributed by atoms with Gasteiger partial charge >= 0.3 is 0 Å². The van der Waals surface area contributed by atoms with Crippen LogP contribution in [0.25, 0.3) is 21.8 Å². The Kier molecular flexibility index (Phi) is 4.81. The fourth-order valence-electron chi connectivity index (χ4n) is 4.50. The lowest BCUT2D eigenvalue weighted by Crippen LogP contribution is -2.56. The number of carbonyl (C=O) groups excluding carboxylic acids is 1. The minimum Gasteiger partial charge on any atom is -0.497 e. The number of benzene rings is 3. The van der Waals surface area contributed by atoms with Crippen LogP contribution in [0.1, 0.15) is 16.6 Å². The summed E-state index contributed by atoms with van der Waals surface area (Å²) >= 11 is 7.82. The molecule has 2 unspecified atom stereocenters. The van der Waals surface area contributed by atoms with E-state index >= 15 is 0 Å². The molecule has 3 aromatic carbocycles. The van der Waals surface area contributed by atoms with Gasteiger partial charge < -0.3 is 9.30 Å². The van der Waals surface area contributed by atoms with E-state index in [1.54, 1.807) is 12.0 Å². The highest BCUT2D eigenvalue weighted by Gasteiger charge is 2.49. The van der Waals surface area contributed by atoms with Crippen molar-refractivity contribution in [2.75, 3.05) is 12.0 Å². The number of hydrogen-bond acceptors (Lipinski definition) is 5. The number of alkyl halides is 1. The Morgan fingerprint density at radius 1 is 0.939 bits per heavy atom. The third-order valence-electron chi connectivity index (χ3n) is 6.12. The maximum Gasteiger partial charge on any atom is 0.250 e. The fourth-order valence-corrected chi connectivity index (χ4v) is 5.73. The summed E-state index contributed by atoms with van der Waals surface area (Å²) in [6.07, 6.45) is 0. The summed E-state index contributed by atoms with van der Waals surface area (Å²) in [7, 11) is 1.62. The largest absolute Gasteiger partial charge is 0.497 e. The maximum absolute atomic E-state index is 12.6. The molecule has 0 spiro atoms. The van der Waals surface area contributed by atoms with Crippen LogP contribution < -0.4 is 9.64 Å². The van der Waals surface area contributed by atoms with Crippen LogP contribution in [0.4, 0.5) is 5.13 Å². The van der Waals surface area contributed by atoms with Gasteiger partial charge in [0.15, 0.2) is 0 Å². The highest BCUT2D eigenvalue weighted by Crippen LogP contribution is 2.43. The second-order valence-electron chi connectivity index (χ2n) is 7.93. The zero-order chi connectivity index (χ0) is 22.5. The van der Waals surface area contributed by atoms with Gasteiger partial charge in [-0.2, -0.15) is 0 Å². The first-order valence-electron chi connectivity index (χ1n) is 10.5. The number of rotatable bonds is 5. The van der Waals surface area contributed by atoms with Crippen molar-refractivity contribution in [3.05, 3.63) is 83.4 Å². The van der Waals surface area contributed by atoms with Gasteiger partial charge in [-0.05, 0) is 29.8 Å². The number of carbonyl (C=O) groups is 1. The predicted octanol–water partition coefficient (Wildman–Crippen LogP) is 5.40. The summed E-state index contributed by atoms with van der Waals surface area (Å²) in [5.74, 6) is 0.600. The summed E-state index contributed by atoms with van der Waals surface area (Å²) < 4.78 is 7.49. The van der Waals surface area contributed by atoms with Crippen LogP contribution in [0.15, 0.2) is 72.8 Å². The van der Waals surface area contributed by atoms with E-state index in [0.29, 0.717) is 11.7 Å². The molecule has 1 aliphatic rings. The SMILES string of the molecule is COc1ccc(C2C(Cl)C(=O)N2c2nnc(Cn3c4ccccc4c4ccccc43)s2)cc1. The number of fused-ring (bicyclic) bond motifs is 3. The topological polar surface area (TPSA) is 60.2 Å². The van der Waals surface area contributed by atoms with Gasteiger partial charge in [0.05, 0.1) is 19.7 Å². The molecule has 1 saturated heterocycles. The molecular formula is C25H19ClN4O2S. The molecule has 0 radical (unpaired) electrons. The average Bonchev–Trinajstić information content (AvgIpc) is 3.45. The second-order valence-corrected chi connectivity index (χ2v) is 9.44. The molecule has 6 rings (SSSR count). The van der Waals surface area contributed by atoms with Gasteiger partial charge in [0.1, 0.15) is 16.1 Å². The van der Waals surface area contributed by atoms with Crippen LogP contribution in [0.3, 0.4) is 0 Å². The van der Waals surface area contributed by atoms with E-state index in [1.165, 1.54) is 22.1 Å². The number of nitrogens with zero attached hydrogens (tertiary/aromatic N) is 4. The van der Waals surface area contributed by atoms with E-state index in [2.05, 4.69) is 51.2 Å². The average molecular weight is 475 g/mol. The molecule has 8 heteroatoms. The first-order chi connectivity index (χ1) is 16.2. The van der Waals surface area contributed by atoms with Crippen LogP contribution in [-0.4, -0.2) is 33.2 Å². The zero-order valence-corrected chi connectivity index (χ0v) is 19.3. The summed E-state index contributed by atoms with van der Waals surface area (Å²) in [5, 5.41) is 12.0.